The minimum Gasteiger partial charge on any atom is -0.465 e. The molecule has 2 aliphatic rings. The minimum atomic E-state index is -0.302. The number of esters is 1. The number of carbonyl (C=O) groups is 2. The minimum absolute atomic E-state index is 0.205. The van der Waals surface area contributed by atoms with E-state index in [0.29, 0.717) is 11.5 Å². The molecule has 1 aromatic carbocycles. The maximum absolute atomic E-state index is 12.6. The molecule has 5 nitrogen and oxygen atoms in total. The molecule has 2 heterocycles. The molecule has 2 saturated heterocycles. The van der Waals surface area contributed by atoms with Gasteiger partial charge in [0.05, 0.1) is 12.7 Å². The van der Waals surface area contributed by atoms with Gasteiger partial charge in [-0.05, 0) is 62.9 Å². The lowest BCUT2D eigenvalue weighted by Crippen LogP contribution is -2.44. The number of benzene rings is 1. The highest BCUT2D eigenvalue weighted by Crippen LogP contribution is 2.23. The molecule has 0 saturated carbocycles. The number of hydrogen-bond acceptors (Lipinski definition) is 4. The SMILES string of the molecule is COC(=O)c1ccc(CN2CCC(C(=O)N3CCCCC3)CC2)cc1. The van der Waals surface area contributed by atoms with Gasteiger partial charge in [0.25, 0.3) is 0 Å². The van der Waals surface area contributed by atoms with Crippen LogP contribution in [0.25, 0.3) is 0 Å². The monoisotopic (exact) mass is 344 g/mol. The number of ether oxygens (including phenoxy) is 1. The van der Waals surface area contributed by atoms with Gasteiger partial charge in [-0.3, -0.25) is 9.69 Å². The van der Waals surface area contributed by atoms with Gasteiger partial charge in [0.15, 0.2) is 0 Å². The molecule has 1 aromatic rings. The lowest BCUT2D eigenvalue weighted by molar-refractivity contribution is -0.138. The highest BCUT2D eigenvalue weighted by Gasteiger charge is 2.29. The van der Waals surface area contributed by atoms with Crippen LogP contribution in [0.15, 0.2) is 24.3 Å². The van der Waals surface area contributed by atoms with E-state index in [1.807, 2.05) is 24.3 Å². The summed E-state index contributed by atoms with van der Waals surface area (Å²) in [7, 11) is 1.39. The summed E-state index contributed by atoms with van der Waals surface area (Å²) < 4.78 is 4.73. The summed E-state index contributed by atoms with van der Waals surface area (Å²) in [6, 6.07) is 7.59. The first-order chi connectivity index (χ1) is 12.2. The van der Waals surface area contributed by atoms with E-state index in [0.717, 1.165) is 58.4 Å². The number of hydrogen-bond donors (Lipinski definition) is 0. The second-order valence-electron chi connectivity index (χ2n) is 7.12. The van der Waals surface area contributed by atoms with Crippen molar-refractivity contribution < 1.29 is 14.3 Å². The second kappa shape index (κ2) is 8.48. The molecule has 2 aliphatic heterocycles. The van der Waals surface area contributed by atoms with E-state index in [1.165, 1.54) is 19.1 Å². The summed E-state index contributed by atoms with van der Waals surface area (Å²) >= 11 is 0. The molecule has 0 aromatic heterocycles. The van der Waals surface area contributed by atoms with Crippen molar-refractivity contribution in [2.45, 2.75) is 38.6 Å². The maximum atomic E-state index is 12.6. The van der Waals surface area contributed by atoms with Gasteiger partial charge in [0.1, 0.15) is 0 Å². The number of piperidine rings is 2. The van der Waals surface area contributed by atoms with Gasteiger partial charge >= 0.3 is 5.97 Å². The second-order valence-corrected chi connectivity index (χ2v) is 7.12. The van der Waals surface area contributed by atoms with Crippen LogP contribution in [0.4, 0.5) is 0 Å². The molecule has 0 N–H and O–H groups in total. The third-order valence-electron chi connectivity index (χ3n) is 5.39. The normalized spacial score (nSPS) is 19.6. The molecule has 25 heavy (non-hydrogen) atoms. The van der Waals surface area contributed by atoms with Crippen molar-refractivity contribution in [3.05, 3.63) is 35.4 Å². The predicted molar refractivity (Wildman–Crippen MR) is 96.2 cm³/mol. The Hall–Kier alpha value is -1.88. The average molecular weight is 344 g/mol. The van der Waals surface area contributed by atoms with Crippen molar-refractivity contribution in [2.75, 3.05) is 33.3 Å². The lowest BCUT2D eigenvalue weighted by atomic mass is 9.94. The fourth-order valence-corrected chi connectivity index (χ4v) is 3.83. The van der Waals surface area contributed by atoms with Gasteiger partial charge in [-0.25, -0.2) is 4.79 Å². The summed E-state index contributed by atoms with van der Waals surface area (Å²) in [6.45, 7) is 4.69. The first-order valence-electron chi connectivity index (χ1n) is 9.36. The fraction of sp³-hybridized carbons (Fsp3) is 0.600. The molecule has 0 atom stereocenters. The number of likely N-dealkylation sites (tertiary alicyclic amines) is 2. The largest absolute Gasteiger partial charge is 0.465 e. The van der Waals surface area contributed by atoms with Gasteiger partial charge in [-0.15, -0.1) is 0 Å². The van der Waals surface area contributed by atoms with Crippen LogP contribution in [0.1, 0.15) is 48.0 Å². The van der Waals surface area contributed by atoms with Crippen molar-refractivity contribution >= 4 is 11.9 Å². The molecule has 5 heteroatoms. The molecule has 0 radical (unpaired) electrons. The van der Waals surface area contributed by atoms with Crippen LogP contribution in [0.5, 0.6) is 0 Å². The Morgan fingerprint density at radius 3 is 2.24 bits per heavy atom. The first-order valence-corrected chi connectivity index (χ1v) is 9.36. The third kappa shape index (κ3) is 4.60. The van der Waals surface area contributed by atoms with Crippen molar-refractivity contribution in [2.24, 2.45) is 5.92 Å². The molecule has 3 rings (SSSR count). The number of carbonyl (C=O) groups excluding carboxylic acids is 2. The zero-order valence-corrected chi connectivity index (χ0v) is 15.1. The molecule has 1 amide bonds. The predicted octanol–water partition coefficient (Wildman–Crippen LogP) is 2.70. The van der Waals surface area contributed by atoms with Crippen LogP contribution in [-0.4, -0.2) is 55.0 Å². The highest BCUT2D eigenvalue weighted by molar-refractivity contribution is 5.89. The molecule has 2 fully saturated rings. The van der Waals surface area contributed by atoms with Crippen LogP contribution in [0.3, 0.4) is 0 Å². The molecule has 0 spiro atoms. The topological polar surface area (TPSA) is 49.9 Å². The summed E-state index contributed by atoms with van der Waals surface area (Å²) in [5.74, 6) is 0.279. The molecular weight excluding hydrogens is 316 g/mol. The summed E-state index contributed by atoms with van der Waals surface area (Å²) in [5.41, 5.74) is 1.77. The zero-order chi connectivity index (χ0) is 17.6. The van der Waals surface area contributed by atoms with Crippen molar-refractivity contribution in [1.29, 1.82) is 0 Å². The van der Waals surface area contributed by atoms with E-state index in [9.17, 15) is 9.59 Å². The molecule has 136 valence electrons. The van der Waals surface area contributed by atoms with Gasteiger partial charge in [0, 0.05) is 25.6 Å². The number of methoxy groups -OCH3 is 1. The Morgan fingerprint density at radius 2 is 1.64 bits per heavy atom. The first kappa shape index (κ1) is 17.9. The van der Waals surface area contributed by atoms with Crippen molar-refractivity contribution in [1.82, 2.24) is 9.80 Å². The molecule has 0 aliphatic carbocycles. The molecule has 0 bridgehead atoms. The lowest BCUT2D eigenvalue weighted by Gasteiger charge is -2.35. The van der Waals surface area contributed by atoms with Crippen LogP contribution >= 0.6 is 0 Å². The Morgan fingerprint density at radius 1 is 1.00 bits per heavy atom. The Kier molecular flexibility index (Phi) is 6.08. The van der Waals surface area contributed by atoms with Crippen molar-refractivity contribution in [3.8, 4) is 0 Å². The zero-order valence-electron chi connectivity index (χ0n) is 15.1. The number of rotatable bonds is 4. The Labute approximate surface area is 149 Å². The van der Waals surface area contributed by atoms with Gasteiger partial charge in [0.2, 0.25) is 5.91 Å². The fourth-order valence-electron chi connectivity index (χ4n) is 3.83. The van der Waals surface area contributed by atoms with Crippen LogP contribution in [0.2, 0.25) is 0 Å². The van der Waals surface area contributed by atoms with Gasteiger partial charge < -0.3 is 9.64 Å². The summed E-state index contributed by atoms with van der Waals surface area (Å²) in [6.07, 6.45) is 5.49. The van der Waals surface area contributed by atoms with Crippen molar-refractivity contribution in [3.63, 3.8) is 0 Å². The standard InChI is InChI=1S/C20H28N2O3/c1-25-20(24)18-7-5-16(6-8-18)15-21-13-9-17(10-14-21)19(23)22-11-3-2-4-12-22/h5-8,17H,2-4,9-15H2,1H3. The number of amides is 1. The van der Waals surface area contributed by atoms with E-state index >= 15 is 0 Å². The Bertz CT molecular complexity index is 585. The van der Waals surface area contributed by atoms with Crippen LogP contribution < -0.4 is 0 Å². The highest BCUT2D eigenvalue weighted by atomic mass is 16.5. The van der Waals surface area contributed by atoms with Gasteiger partial charge in [-0.2, -0.15) is 0 Å². The average Bonchev–Trinajstić information content (AvgIpc) is 2.68. The van der Waals surface area contributed by atoms with Crippen LogP contribution in [-0.2, 0) is 16.1 Å². The Balaban J connectivity index is 1.47. The van der Waals surface area contributed by atoms with E-state index in [-0.39, 0.29) is 11.9 Å². The third-order valence-corrected chi connectivity index (χ3v) is 5.39. The maximum Gasteiger partial charge on any atom is 0.337 e. The summed E-state index contributed by atoms with van der Waals surface area (Å²) in [4.78, 5) is 28.6. The number of nitrogens with zero attached hydrogens (tertiary/aromatic N) is 2. The van der Waals surface area contributed by atoms with E-state index in [4.69, 9.17) is 4.74 Å². The van der Waals surface area contributed by atoms with E-state index < -0.39 is 0 Å². The van der Waals surface area contributed by atoms with Crippen LogP contribution in [0, 0.1) is 5.92 Å². The van der Waals surface area contributed by atoms with E-state index in [1.54, 1.807) is 0 Å². The smallest absolute Gasteiger partial charge is 0.337 e. The molecule has 0 unspecified atom stereocenters. The van der Waals surface area contributed by atoms with E-state index in [2.05, 4.69) is 9.80 Å². The van der Waals surface area contributed by atoms with Gasteiger partial charge in [-0.1, -0.05) is 12.1 Å². The molecular formula is C20H28N2O3. The summed E-state index contributed by atoms with van der Waals surface area (Å²) in [5, 5.41) is 0. The quantitative estimate of drug-likeness (QED) is 0.788.